The van der Waals surface area contributed by atoms with E-state index in [4.69, 9.17) is 17.0 Å². The zero-order chi connectivity index (χ0) is 11.5. The number of carbonyl (C=O) groups excluding carboxylic acids is 1. The predicted octanol–water partition coefficient (Wildman–Crippen LogP) is 1.90. The van der Waals surface area contributed by atoms with E-state index in [1.807, 2.05) is 0 Å². The molecular formula is C10H10ClN3OS. The van der Waals surface area contributed by atoms with Crippen LogP contribution in [0.15, 0.2) is 18.3 Å². The van der Waals surface area contributed by atoms with Gasteiger partial charge in [-0.15, -0.1) is 0 Å². The number of aromatic nitrogens is 1. The molecular weight excluding hydrogens is 246 g/mol. The number of thioether (sulfide) groups is 1. The Labute approximate surface area is 103 Å². The van der Waals surface area contributed by atoms with Crippen LogP contribution in [0.1, 0.15) is 10.4 Å². The normalized spacial score (nSPS) is 15.6. The first-order valence-corrected chi connectivity index (χ1v) is 6.14. The van der Waals surface area contributed by atoms with Crippen molar-refractivity contribution in [3.63, 3.8) is 0 Å². The fraction of sp³-hybridized carbons (Fsp3) is 0.300. The molecule has 1 aromatic rings. The third kappa shape index (κ3) is 2.54. The van der Waals surface area contributed by atoms with Gasteiger partial charge in [-0.2, -0.15) is 0 Å². The van der Waals surface area contributed by atoms with Crippen molar-refractivity contribution < 1.29 is 4.79 Å². The topological polar surface area (TPSA) is 57.1 Å². The van der Waals surface area contributed by atoms with Crippen molar-refractivity contribution >= 4 is 34.3 Å². The van der Waals surface area contributed by atoms with Gasteiger partial charge in [0.15, 0.2) is 11.0 Å². The molecule has 1 N–H and O–H groups in total. The van der Waals surface area contributed by atoms with E-state index in [0.29, 0.717) is 15.9 Å². The summed E-state index contributed by atoms with van der Waals surface area (Å²) in [5.74, 6) is 0.849. The number of halogens is 1. The van der Waals surface area contributed by atoms with Gasteiger partial charge < -0.3 is 4.90 Å². The van der Waals surface area contributed by atoms with Crippen molar-refractivity contribution in [2.75, 3.05) is 18.8 Å². The molecule has 0 bridgehead atoms. The number of rotatable bonds is 3. The average molecular weight is 256 g/mol. The molecule has 2 heterocycles. The van der Waals surface area contributed by atoms with E-state index in [9.17, 15) is 4.79 Å². The summed E-state index contributed by atoms with van der Waals surface area (Å²) in [6, 6.07) is 3.25. The molecule has 0 amide bonds. The number of nitrogens with zero attached hydrogens (tertiary/aromatic N) is 2. The van der Waals surface area contributed by atoms with Crippen LogP contribution in [0.5, 0.6) is 0 Å². The van der Waals surface area contributed by atoms with Gasteiger partial charge in [-0.1, -0.05) is 23.4 Å². The maximum Gasteiger partial charge on any atom is 0.183 e. The molecule has 1 fully saturated rings. The zero-order valence-corrected chi connectivity index (χ0v) is 10.0. The monoisotopic (exact) mass is 255 g/mol. The zero-order valence-electron chi connectivity index (χ0n) is 8.44. The predicted molar refractivity (Wildman–Crippen MR) is 65.3 cm³/mol. The highest BCUT2D eigenvalue weighted by Gasteiger charge is 2.20. The maximum atomic E-state index is 11.8. The summed E-state index contributed by atoms with van der Waals surface area (Å²) < 4.78 is 0. The van der Waals surface area contributed by atoms with Crippen molar-refractivity contribution in [1.29, 1.82) is 5.41 Å². The lowest BCUT2D eigenvalue weighted by molar-refractivity contribution is 0.0966. The largest absolute Gasteiger partial charge is 0.343 e. The van der Waals surface area contributed by atoms with Gasteiger partial charge in [0, 0.05) is 24.1 Å². The lowest BCUT2D eigenvalue weighted by Gasteiger charge is -2.15. The van der Waals surface area contributed by atoms with E-state index < -0.39 is 0 Å². The molecule has 4 nitrogen and oxygen atoms in total. The molecule has 2 rings (SSSR count). The van der Waals surface area contributed by atoms with Crippen molar-refractivity contribution in [1.82, 2.24) is 9.88 Å². The Morgan fingerprint density at radius 2 is 2.44 bits per heavy atom. The van der Waals surface area contributed by atoms with Gasteiger partial charge in [-0.05, 0) is 12.1 Å². The highest BCUT2D eigenvalue weighted by atomic mass is 35.5. The van der Waals surface area contributed by atoms with Gasteiger partial charge >= 0.3 is 0 Å². The molecule has 1 aliphatic heterocycles. The van der Waals surface area contributed by atoms with Gasteiger partial charge in [0.1, 0.15) is 5.15 Å². The standard InChI is InChI=1S/C10H10ClN3OS/c11-9-2-1-7(5-13-9)8(15)6-14-3-4-16-10(14)12/h1-2,5,12H,3-4,6H2. The van der Waals surface area contributed by atoms with Crippen LogP contribution < -0.4 is 0 Å². The van der Waals surface area contributed by atoms with E-state index >= 15 is 0 Å². The SMILES string of the molecule is N=C1SCCN1CC(=O)c1ccc(Cl)nc1. The highest BCUT2D eigenvalue weighted by molar-refractivity contribution is 8.14. The van der Waals surface area contributed by atoms with Crippen molar-refractivity contribution in [3.05, 3.63) is 29.0 Å². The number of pyridine rings is 1. The Hall–Kier alpha value is -1.07. The van der Waals surface area contributed by atoms with Gasteiger partial charge in [0.05, 0.1) is 6.54 Å². The van der Waals surface area contributed by atoms with Crippen LogP contribution in [0, 0.1) is 5.41 Å². The van der Waals surface area contributed by atoms with Crippen molar-refractivity contribution in [2.24, 2.45) is 0 Å². The molecule has 84 valence electrons. The Morgan fingerprint density at radius 3 is 3.00 bits per heavy atom. The Kier molecular flexibility index (Phi) is 3.46. The first-order valence-electron chi connectivity index (χ1n) is 4.78. The minimum absolute atomic E-state index is 0.0311. The van der Waals surface area contributed by atoms with Crippen LogP contribution in [-0.2, 0) is 0 Å². The second-order valence-corrected chi connectivity index (χ2v) is 4.84. The summed E-state index contributed by atoms with van der Waals surface area (Å²) >= 11 is 7.10. The van der Waals surface area contributed by atoms with E-state index in [0.717, 1.165) is 12.3 Å². The molecule has 1 aromatic heterocycles. The van der Waals surface area contributed by atoms with E-state index in [2.05, 4.69) is 4.98 Å². The molecule has 0 aromatic carbocycles. The molecule has 16 heavy (non-hydrogen) atoms. The third-order valence-electron chi connectivity index (χ3n) is 2.27. The van der Waals surface area contributed by atoms with Gasteiger partial charge in [-0.3, -0.25) is 10.2 Å². The number of amidine groups is 1. The third-order valence-corrected chi connectivity index (χ3v) is 3.41. The Morgan fingerprint density at radius 1 is 1.62 bits per heavy atom. The fourth-order valence-electron chi connectivity index (χ4n) is 1.40. The number of hydrogen-bond acceptors (Lipinski definition) is 4. The summed E-state index contributed by atoms with van der Waals surface area (Å²) in [5.41, 5.74) is 0.536. The molecule has 0 atom stereocenters. The first-order chi connectivity index (χ1) is 7.66. The van der Waals surface area contributed by atoms with Crippen LogP contribution in [0.4, 0.5) is 0 Å². The average Bonchev–Trinajstić information content (AvgIpc) is 2.65. The molecule has 1 aliphatic rings. The number of hydrogen-bond donors (Lipinski definition) is 1. The van der Waals surface area contributed by atoms with Crippen LogP contribution in [-0.4, -0.2) is 39.7 Å². The van der Waals surface area contributed by atoms with E-state index in [1.54, 1.807) is 17.0 Å². The summed E-state index contributed by atoms with van der Waals surface area (Å²) in [5, 5.41) is 8.44. The number of nitrogens with one attached hydrogen (secondary N) is 1. The van der Waals surface area contributed by atoms with Gasteiger partial charge in [0.2, 0.25) is 0 Å². The highest BCUT2D eigenvalue weighted by Crippen LogP contribution is 2.16. The summed E-state index contributed by atoms with van der Waals surface area (Å²) in [6.45, 7) is 1.01. The van der Waals surface area contributed by atoms with Crippen LogP contribution in [0.2, 0.25) is 5.15 Å². The van der Waals surface area contributed by atoms with Crippen molar-refractivity contribution in [2.45, 2.75) is 0 Å². The lowest BCUT2D eigenvalue weighted by atomic mass is 10.2. The summed E-state index contributed by atoms with van der Waals surface area (Å²) in [4.78, 5) is 17.5. The van der Waals surface area contributed by atoms with E-state index in [-0.39, 0.29) is 12.3 Å². The van der Waals surface area contributed by atoms with E-state index in [1.165, 1.54) is 18.0 Å². The quantitative estimate of drug-likeness (QED) is 0.662. The smallest absolute Gasteiger partial charge is 0.183 e. The second-order valence-electron chi connectivity index (χ2n) is 3.37. The number of Topliss-reactive ketones (excluding diaryl/α,β-unsaturated/α-hetero) is 1. The van der Waals surface area contributed by atoms with Gasteiger partial charge in [0.25, 0.3) is 0 Å². The van der Waals surface area contributed by atoms with Crippen LogP contribution in [0.25, 0.3) is 0 Å². The molecule has 6 heteroatoms. The maximum absolute atomic E-state index is 11.8. The molecule has 0 aliphatic carbocycles. The summed E-state index contributed by atoms with van der Waals surface area (Å²) in [6.07, 6.45) is 1.47. The number of carbonyl (C=O) groups is 1. The first kappa shape index (κ1) is 11.4. The molecule has 0 radical (unpaired) electrons. The van der Waals surface area contributed by atoms with Crippen molar-refractivity contribution in [3.8, 4) is 0 Å². The Bertz CT molecular complexity index is 421. The van der Waals surface area contributed by atoms with Crippen LogP contribution >= 0.6 is 23.4 Å². The lowest BCUT2D eigenvalue weighted by Crippen LogP contribution is -2.30. The Balaban J connectivity index is 2.02. The minimum Gasteiger partial charge on any atom is -0.343 e. The molecule has 0 spiro atoms. The molecule has 0 unspecified atom stereocenters. The van der Waals surface area contributed by atoms with Gasteiger partial charge in [-0.25, -0.2) is 4.98 Å². The van der Waals surface area contributed by atoms with Crippen LogP contribution in [0.3, 0.4) is 0 Å². The number of ketones is 1. The fourth-order valence-corrected chi connectivity index (χ4v) is 2.36. The molecule has 0 saturated carbocycles. The second kappa shape index (κ2) is 4.84. The summed E-state index contributed by atoms with van der Waals surface area (Å²) in [7, 11) is 0. The molecule has 1 saturated heterocycles. The minimum atomic E-state index is -0.0311.